The van der Waals surface area contributed by atoms with E-state index < -0.39 is 0 Å². The number of rotatable bonds is 18. The summed E-state index contributed by atoms with van der Waals surface area (Å²) >= 11 is 0. The number of hydrogen-bond donors (Lipinski definition) is 1. The van der Waals surface area contributed by atoms with E-state index in [1.54, 1.807) is 7.11 Å². The van der Waals surface area contributed by atoms with Gasteiger partial charge in [0.1, 0.15) is 17.6 Å². The van der Waals surface area contributed by atoms with Gasteiger partial charge in [-0.25, -0.2) is 0 Å². The Bertz CT molecular complexity index is 515. The quantitative estimate of drug-likeness (QED) is 0.250. The Labute approximate surface area is 176 Å². The highest BCUT2D eigenvalue weighted by atomic mass is 16.5. The van der Waals surface area contributed by atoms with Crippen LogP contribution in [0.25, 0.3) is 0 Å². The van der Waals surface area contributed by atoms with Gasteiger partial charge in [-0.2, -0.15) is 0 Å². The second-order valence-electron chi connectivity index (χ2n) is 7.59. The molecule has 0 saturated heterocycles. The molecule has 0 aromatic heterocycles. The molecular formula is C24H40O5. The highest BCUT2D eigenvalue weighted by Gasteiger charge is 2.11. The van der Waals surface area contributed by atoms with E-state index in [1.165, 1.54) is 13.3 Å². The van der Waals surface area contributed by atoms with Crippen molar-refractivity contribution in [1.29, 1.82) is 0 Å². The minimum Gasteiger partial charge on any atom is -0.497 e. The molecule has 1 unspecified atom stereocenters. The van der Waals surface area contributed by atoms with Crippen molar-refractivity contribution in [2.45, 2.75) is 90.1 Å². The third-order valence-electron chi connectivity index (χ3n) is 5.02. The number of aliphatic hydroxyl groups excluding tert-OH is 1. The molecule has 0 aliphatic heterocycles. The summed E-state index contributed by atoms with van der Waals surface area (Å²) in [7, 11) is 1.66. The van der Waals surface area contributed by atoms with Crippen molar-refractivity contribution in [2.24, 2.45) is 0 Å². The predicted octanol–water partition coefficient (Wildman–Crippen LogP) is 5.68. The zero-order valence-electron chi connectivity index (χ0n) is 18.4. The Morgan fingerprint density at radius 1 is 0.828 bits per heavy atom. The number of carbonyl (C=O) groups excluding carboxylic acids is 1. The zero-order valence-corrected chi connectivity index (χ0v) is 18.4. The Morgan fingerprint density at radius 2 is 1.34 bits per heavy atom. The van der Waals surface area contributed by atoms with Crippen LogP contribution in [0.5, 0.6) is 11.5 Å². The summed E-state index contributed by atoms with van der Waals surface area (Å²) in [6.07, 6.45) is 13.0. The van der Waals surface area contributed by atoms with E-state index >= 15 is 0 Å². The molecule has 0 spiro atoms. The first-order valence-corrected chi connectivity index (χ1v) is 11.2. The van der Waals surface area contributed by atoms with E-state index in [-0.39, 0.29) is 18.7 Å². The Hall–Kier alpha value is -1.75. The van der Waals surface area contributed by atoms with Crippen LogP contribution in [0.3, 0.4) is 0 Å². The minimum absolute atomic E-state index is 0.0590. The predicted molar refractivity (Wildman–Crippen MR) is 117 cm³/mol. The maximum Gasteiger partial charge on any atom is 0.302 e. The van der Waals surface area contributed by atoms with Gasteiger partial charge in [-0.1, -0.05) is 38.5 Å². The first kappa shape index (κ1) is 25.3. The number of unbranched alkanes of at least 4 members (excludes halogenated alkanes) is 8. The van der Waals surface area contributed by atoms with Crippen molar-refractivity contribution < 1.29 is 24.1 Å². The van der Waals surface area contributed by atoms with Crippen LogP contribution >= 0.6 is 0 Å². The highest BCUT2D eigenvalue weighted by molar-refractivity contribution is 5.66. The van der Waals surface area contributed by atoms with Gasteiger partial charge >= 0.3 is 5.97 Å². The van der Waals surface area contributed by atoms with Crippen LogP contribution in [0.4, 0.5) is 0 Å². The number of methoxy groups -OCH3 is 1. The van der Waals surface area contributed by atoms with Crippen LogP contribution in [-0.2, 0) is 9.53 Å². The van der Waals surface area contributed by atoms with Gasteiger partial charge in [-0.15, -0.1) is 0 Å². The lowest BCUT2D eigenvalue weighted by Gasteiger charge is -2.17. The molecule has 0 aliphatic carbocycles. The summed E-state index contributed by atoms with van der Waals surface area (Å²) in [5.41, 5.74) is 0. The van der Waals surface area contributed by atoms with Crippen LogP contribution in [0, 0.1) is 0 Å². The molecule has 0 amide bonds. The molecule has 1 aromatic carbocycles. The summed E-state index contributed by atoms with van der Waals surface area (Å²) in [4.78, 5) is 11.3. The molecule has 166 valence electrons. The summed E-state index contributed by atoms with van der Waals surface area (Å²) in [5.74, 6) is 1.54. The molecule has 0 heterocycles. The molecular weight excluding hydrogens is 368 g/mol. The lowest BCUT2D eigenvalue weighted by atomic mass is 10.0. The SMILES string of the molecule is COc1ccc(OCCCCCCCC(CCCCCCCO)OC(C)=O)cc1. The first-order chi connectivity index (χ1) is 14.2. The van der Waals surface area contributed by atoms with Gasteiger partial charge in [0, 0.05) is 13.5 Å². The average Bonchev–Trinajstić information content (AvgIpc) is 2.72. The molecule has 1 aromatic rings. The molecule has 1 atom stereocenters. The number of hydrogen-bond acceptors (Lipinski definition) is 5. The van der Waals surface area contributed by atoms with E-state index in [4.69, 9.17) is 19.3 Å². The third-order valence-corrected chi connectivity index (χ3v) is 5.02. The van der Waals surface area contributed by atoms with Crippen molar-refractivity contribution in [3.8, 4) is 11.5 Å². The van der Waals surface area contributed by atoms with Gasteiger partial charge < -0.3 is 19.3 Å². The van der Waals surface area contributed by atoms with Crippen molar-refractivity contribution in [2.75, 3.05) is 20.3 Å². The number of benzene rings is 1. The van der Waals surface area contributed by atoms with Crippen molar-refractivity contribution in [3.63, 3.8) is 0 Å². The number of carbonyl (C=O) groups is 1. The van der Waals surface area contributed by atoms with Crippen LogP contribution < -0.4 is 9.47 Å². The molecule has 0 bridgehead atoms. The smallest absolute Gasteiger partial charge is 0.302 e. The molecule has 0 saturated carbocycles. The van der Waals surface area contributed by atoms with Crippen molar-refractivity contribution in [3.05, 3.63) is 24.3 Å². The molecule has 5 heteroatoms. The number of aliphatic hydroxyl groups is 1. The van der Waals surface area contributed by atoms with Crippen LogP contribution in [-0.4, -0.2) is 37.5 Å². The molecule has 29 heavy (non-hydrogen) atoms. The lowest BCUT2D eigenvalue weighted by Crippen LogP contribution is -2.16. The second kappa shape index (κ2) is 17.1. The Kier molecular flexibility index (Phi) is 14.9. The Balaban J connectivity index is 2.04. The Morgan fingerprint density at radius 3 is 1.90 bits per heavy atom. The fraction of sp³-hybridized carbons (Fsp3) is 0.708. The van der Waals surface area contributed by atoms with Gasteiger partial charge in [0.05, 0.1) is 13.7 Å². The normalized spacial score (nSPS) is 11.8. The summed E-state index contributed by atoms with van der Waals surface area (Å²) < 4.78 is 16.4. The third kappa shape index (κ3) is 14.0. The lowest BCUT2D eigenvalue weighted by molar-refractivity contribution is -0.147. The fourth-order valence-corrected chi connectivity index (χ4v) is 3.38. The maximum absolute atomic E-state index is 11.3. The van der Waals surface area contributed by atoms with Gasteiger partial charge in [-0.05, 0) is 62.8 Å². The van der Waals surface area contributed by atoms with Crippen LogP contribution in [0.1, 0.15) is 84.0 Å². The second-order valence-corrected chi connectivity index (χ2v) is 7.59. The topological polar surface area (TPSA) is 65.0 Å². The zero-order chi connectivity index (χ0) is 21.2. The highest BCUT2D eigenvalue weighted by Crippen LogP contribution is 2.18. The number of esters is 1. The molecule has 0 fully saturated rings. The van der Waals surface area contributed by atoms with E-state index in [0.29, 0.717) is 0 Å². The van der Waals surface area contributed by atoms with Crippen LogP contribution in [0.15, 0.2) is 24.3 Å². The fourth-order valence-electron chi connectivity index (χ4n) is 3.38. The van der Waals surface area contributed by atoms with E-state index in [0.717, 1.165) is 88.7 Å². The van der Waals surface area contributed by atoms with Crippen molar-refractivity contribution in [1.82, 2.24) is 0 Å². The largest absolute Gasteiger partial charge is 0.497 e. The van der Waals surface area contributed by atoms with Crippen molar-refractivity contribution >= 4 is 5.97 Å². The average molecular weight is 409 g/mol. The van der Waals surface area contributed by atoms with E-state index in [2.05, 4.69) is 0 Å². The van der Waals surface area contributed by atoms with E-state index in [9.17, 15) is 4.79 Å². The summed E-state index contributed by atoms with van der Waals surface area (Å²) in [6, 6.07) is 7.68. The van der Waals surface area contributed by atoms with E-state index in [1.807, 2.05) is 24.3 Å². The van der Waals surface area contributed by atoms with Gasteiger partial charge in [0.2, 0.25) is 0 Å². The number of ether oxygens (including phenoxy) is 3. The standard InChI is InChI=1S/C24H40O5/c1-21(26)29-24(13-9-5-3-7-11-19-25)14-10-6-4-8-12-20-28-23-17-15-22(27-2)16-18-23/h15-18,24-25H,3-14,19-20H2,1-2H3. The first-order valence-electron chi connectivity index (χ1n) is 11.2. The van der Waals surface area contributed by atoms with Crippen LogP contribution in [0.2, 0.25) is 0 Å². The molecule has 1 N–H and O–H groups in total. The molecule has 0 radical (unpaired) electrons. The summed E-state index contributed by atoms with van der Waals surface area (Å²) in [6.45, 7) is 2.51. The van der Waals surface area contributed by atoms with Gasteiger partial charge in [0.25, 0.3) is 0 Å². The molecule has 5 nitrogen and oxygen atoms in total. The molecule has 1 rings (SSSR count). The minimum atomic E-state index is -0.175. The van der Waals surface area contributed by atoms with Gasteiger partial charge in [0.15, 0.2) is 0 Å². The van der Waals surface area contributed by atoms with Gasteiger partial charge in [-0.3, -0.25) is 4.79 Å². The molecule has 0 aliphatic rings. The summed E-state index contributed by atoms with van der Waals surface area (Å²) in [5, 5.41) is 8.80. The maximum atomic E-state index is 11.3. The monoisotopic (exact) mass is 408 g/mol.